The Labute approximate surface area is 220 Å². The highest BCUT2D eigenvalue weighted by molar-refractivity contribution is 7.12. The second kappa shape index (κ2) is 11.1. The van der Waals surface area contributed by atoms with Crippen molar-refractivity contribution in [3.8, 4) is 28.0 Å². The van der Waals surface area contributed by atoms with Crippen LogP contribution >= 0.6 is 11.3 Å². The van der Waals surface area contributed by atoms with Crippen molar-refractivity contribution in [3.63, 3.8) is 0 Å². The van der Waals surface area contributed by atoms with Gasteiger partial charge in [0.05, 0.1) is 17.6 Å². The van der Waals surface area contributed by atoms with Crippen LogP contribution < -0.4 is 15.0 Å². The SMILES string of the molecule is O=C(NCC(F)(F)F)c1cc(-c2cnn3cc(-c4ccc(OCC[NH+]5CCCC(F)C5)cc4)cnc23)cs1. The van der Waals surface area contributed by atoms with Crippen LogP contribution in [0, 0.1) is 0 Å². The molecule has 0 aliphatic carbocycles. The fourth-order valence-corrected chi connectivity index (χ4v) is 5.29. The van der Waals surface area contributed by atoms with Crippen molar-refractivity contribution in [1.29, 1.82) is 0 Å². The number of amides is 1. The van der Waals surface area contributed by atoms with Gasteiger partial charge in [-0.1, -0.05) is 12.1 Å². The Balaban J connectivity index is 1.22. The second-order valence-electron chi connectivity index (χ2n) is 9.23. The Morgan fingerprint density at radius 1 is 1.18 bits per heavy atom. The van der Waals surface area contributed by atoms with E-state index < -0.39 is 24.8 Å². The van der Waals surface area contributed by atoms with Gasteiger partial charge in [0.1, 0.15) is 38.2 Å². The van der Waals surface area contributed by atoms with Crippen molar-refractivity contribution in [3.05, 3.63) is 59.2 Å². The molecule has 4 aromatic rings. The summed E-state index contributed by atoms with van der Waals surface area (Å²) in [5, 5.41) is 7.94. The number of nitrogens with zero attached hydrogens (tertiary/aromatic N) is 3. The largest absolute Gasteiger partial charge is 0.488 e. The number of carbonyl (C=O) groups excluding carboxylic acids is 1. The maximum atomic E-state index is 13.5. The molecule has 1 fully saturated rings. The Bertz CT molecular complexity index is 1400. The van der Waals surface area contributed by atoms with Crippen molar-refractivity contribution >= 4 is 22.9 Å². The zero-order valence-corrected chi connectivity index (χ0v) is 21.1. The summed E-state index contributed by atoms with van der Waals surface area (Å²) in [5.41, 5.74) is 3.64. The minimum Gasteiger partial charge on any atom is -0.488 e. The summed E-state index contributed by atoms with van der Waals surface area (Å²) in [6, 6.07) is 9.16. The monoisotopic (exact) mass is 548 g/mol. The third-order valence-electron chi connectivity index (χ3n) is 6.41. The lowest BCUT2D eigenvalue weighted by molar-refractivity contribution is -0.907. The van der Waals surface area contributed by atoms with E-state index in [0.717, 1.165) is 47.7 Å². The van der Waals surface area contributed by atoms with Crippen molar-refractivity contribution in [1.82, 2.24) is 19.9 Å². The van der Waals surface area contributed by atoms with E-state index in [1.54, 1.807) is 22.3 Å². The van der Waals surface area contributed by atoms with Crippen LogP contribution in [0.4, 0.5) is 17.6 Å². The average Bonchev–Trinajstić information content (AvgIpc) is 3.54. The first-order valence-electron chi connectivity index (χ1n) is 12.2. The number of fused-ring (bicyclic) bond motifs is 1. The Kier molecular flexibility index (Phi) is 7.61. The number of thiophene rings is 1. The molecule has 0 bridgehead atoms. The third kappa shape index (κ3) is 6.30. The van der Waals surface area contributed by atoms with Gasteiger partial charge >= 0.3 is 6.18 Å². The number of halogens is 4. The molecule has 2 atom stereocenters. The predicted molar refractivity (Wildman–Crippen MR) is 135 cm³/mol. The van der Waals surface area contributed by atoms with E-state index in [9.17, 15) is 22.4 Å². The zero-order valence-electron chi connectivity index (χ0n) is 20.3. The highest BCUT2D eigenvalue weighted by Crippen LogP contribution is 2.30. The number of hydrogen-bond acceptors (Lipinski definition) is 5. The number of carbonyl (C=O) groups is 1. The van der Waals surface area contributed by atoms with E-state index in [-0.39, 0.29) is 4.88 Å². The van der Waals surface area contributed by atoms with Gasteiger partial charge in [-0.15, -0.1) is 11.3 Å². The lowest BCUT2D eigenvalue weighted by Crippen LogP contribution is -3.14. The Hall–Kier alpha value is -3.51. The van der Waals surface area contributed by atoms with E-state index in [0.29, 0.717) is 36.3 Å². The number of piperidine rings is 1. The highest BCUT2D eigenvalue weighted by atomic mass is 32.1. The number of rotatable bonds is 8. The van der Waals surface area contributed by atoms with Gasteiger partial charge in [0.15, 0.2) is 5.65 Å². The number of alkyl halides is 4. The molecule has 1 aliphatic rings. The number of ether oxygens (including phenoxy) is 1. The summed E-state index contributed by atoms with van der Waals surface area (Å²) < 4.78 is 58.2. The lowest BCUT2D eigenvalue weighted by atomic mass is 10.1. The first kappa shape index (κ1) is 26.1. The van der Waals surface area contributed by atoms with Crippen molar-refractivity contribution in [2.45, 2.75) is 25.2 Å². The minimum absolute atomic E-state index is 0.173. The van der Waals surface area contributed by atoms with Gasteiger partial charge in [0, 0.05) is 23.5 Å². The van der Waals surface area contributed by atoms with Gasteiger partial charge in [-0.2, -0.15) is 18.3 Å². The van der Waals surface area contributed by atoms with Crippen LogP contribution in [0.25, 0.3) is 27.9 Å². The average molecular weight is 549 g/mol. The summed E-state index contributed by atoms with van der Waals surface area (Å²) in [6.07, 6.45) is 1.55. The summed E-state index contributed by atoms with van der Waals surface area (Å²) in [5.74, 6) is -0.0382. The molecule has 1 amide bonds. The number of quaternary nitrogens is 1. The molecule has 7 nitrogen and oxygen atoms in total. The standard InChI is InChI=1S/C26H25F4N5O2S/c27-20-2-1-7-34(14-20)8-9-37-21-5-3-17(4-6-21)19-11-31-24-22(12-33-35(24)13-19)18-10-23(38-15-18)25(36)32-16-26(28,29)30/h3-6,10-13,15,20H,1-2,7-9,14,16H2,(H,32,36)/p+1. The summed E-state index contributed by atoms with van der Waals surface area (Å²) >= 11 is 1.06. The number of hydrogen-bond donors (Lipinski definition) is 2. The lowest BCUT2D eigenvalue weighted by Gasteiger charge is -2.25. The topological polar surface area (TPSA) is 73.0 Å². The number of aromatic nitrogens is 3. The van der Waals surface area contributed by atoms with Crippen LogP contribution in [0.2, 0.25) is 0 Å². The quantitative estimate of drug-likeness (QED) is 0.329. The van der Waals surface area contributed by atoms with Crippen molar-refractivity contribution in [2.75, 3.05) is 32.8 Å². The summed E-state index contributed by atoms with van der Waals surface area (Å²) in [6.45, 7) is 1.46. The first-order valence-corrected chi connectivity index (χ1v) is 13.1. The number of benzene rings is 1. The molecular formula is C26H26F4N5O2S+. The fraction of sp³-hybridized carbons (Fsp3) is 0.346. The molecule has 4 heterocycles. The summed E-state index contributed by atoms with van der Waals surface area (Å²) in [4.78, 5) is 18.0. The van der Waals surface area contributed by atoms with Gasteiger partial charge < -0.3 is 15.0 Å². The number of likely N-dealkylation sites (tertiary alicyclic amines) is 1. The first-order chi connectivity index (χ1) is 18.2. The fourth-order valence-electron chi connectivity index (χ4n) is 4.47. The van der Waals surface area contributed by atoms with E-state index in [4.69, 9.17) is 4.74 Å². The molecule has 38 heavy (non-hydrogen) atoms. The molecule has 0 radical (unpaired) electrons. The maximum Gasteiger partial charge on any atom is 0.405 e. The molecule has 200 valence electrons. The smallest absolute Gasteiger partial charge is 0.405 e. The van der Waals surface area contributed by atoms with Crippen LogP contribution in [-0.2, 0) is 0 Å². The maximum absolute atomic E-state index is 13.5. The highest BCUT2D eigenvalue weighted by Gasteiger charge is 2.28. The molecule has 12 heteroatoms. The van der Waals surface area contributed by atoms with E-state index in [1.165, 1.54) is 11.0 Å². The van der Waals surface area contributed by atoms with Crippen LogP contribution in [0.15, 0.2) is 54.3 Å². The predicted octanol–water partition coefficient (Wildman–Crippen LogP) is 3.81. The van der Waals surface area contributed by atoms with Crippen LogP contribution in [0.1, 0.15) is 22.5 Å². The molecule has 0 saturated carbocycles. The number of nitrogens with one attached hydrogen (secondary N) is 2. The molecule has 1 aliphatic heterocycles. The van der Waals surface area contributed by atoms with Crippen LogP contribution in [0.3, 0.4) is 0 Å². The van der Waals surface area contributed by atoms with E-state index in [1.807, 2.05) is 35.8 Å². The Morgan fingerprint density at radius 3 is 2.76 bits per heavy atom. The molecule has 2 N–H and O–H groups in total. The molecule has 1 saturated heterocycles. The van der Waals surface area contributed by atoms with Crippen LogP contribution in [0.5, 0.6) is 5.75 Å². The van der Waals surface area contributed by atoms with Crippen molar-refractivity contribution < 1.29 is 32.0 Å². The normalized spacial score (nSPS) is 18.0. The molecule has 1 aromatic carbocycles. The van der Waals surface area contributed by atoms with Crippen LogP contribution in [-0.4, -0.2) is 65.6 Å². The molecule has 5 rings (SSSR count). The molecule has 0 spiro atoms. The third-order valence-corrected chi connectivity index (χ3v) is 7.34. The van der Waals surface area contributed by atoms with E-state index >= 15 is 0 Å². The molecular weight excluding hydrogens is 522 g/mol. The van der Waals surface area contributed by atoms with Gasteiger partial charge in [-0.25, -0.2) is 13.9 Å². The van der Waals surface area contributed by atoms with Gasteiger partial charge in [-0.05, 0) is 47.5 Å². The van der Waals surface area contributed by atoms with Gasteiger partial charge in [-0.3, -0.25) is 4.79 Å². The van der Waals surface area contributed by atoms with Crippen molar-refractivity contribution in [2.24, 2.45) is 0 Å². The minimum atomic E-state index is -4.47. The zero-order chi connectivity index (χ0) is 26.7. The second-order valence-corrected chi connectivity index (χ2v) is 10.1. The van der Waals surface area contributed by atoms with Gasteiger partial charge in [0.2, 0.25) is 0 Å². The Morgan fingerprint density at radius 2 is 2.00 bits per heavy atom. The van der Waals surface area contributed by atoms with E-state index in [2.05, 4.69) is 10.1 Å². The molecule has 2 unspecified atom stereocenters. The summed E-state index contributed by atoms with van der Waals surface area (Å²) in [7, 11) is 0. The molecule has 3 aromatic heterocycles. The van der Waals surface area contributed by atoms with Gasteiger partial charge in [0.25, 0.3) is 5.91 Å².